The van der Waals surface area contributed by atoms with E-state index in [-0.39, 0.29) is 24.0 Å². The van der Waals surface area contributed by atoms with Crippen LogP contribution in [0, 0.1) is 0 Å². The van der Waals surface area contributed by atoms with Crippen molar-refractivity contribution in [2.45, 2.75) is 19.9 Å². The molecule has 0 spiro atoms. The first-order valence-electron chi connectivity index (χ1n) is 8.57. The highest BCUT2D eigenvalue weighted by molar-refractivity contribution is 14.0. The molecule has 0 aliphatic carbocycles. The molecule has 1 aliphatic rings. The summed E-state index contributed by atoms with van der Waals surface area (Å²) in [4.78, 5) is 9.19. The zero-order chi connectivity index (χ0) is 18.1. The van der Waals surface area contributed by atoms with E-state index in [1.807, 2.05) is 13.0 Å². The summed E-state index contributed by atoms with van der Waals surface area (Å²) in [6.45, 7) is 8.31. The number of rotatable bonds is 8. The van der Waals surface area contributed by atoms with Gasteiger partial charge in [0.05, 0.1) is 11.9 Å². The van der Waals surface area contributed by atoms with Crippen molar-refractivity contribution in [3.8, 4) is 0 Å². The van der Waals surface area contributed by atoms with Gasteiger partial charge in [-0.1, -0.05) is 5.16 Å². The smallest absolute Gasteiger partial charge is 0.208 e. The van der Waals surface area contributed by atoms with Crippen LogP contribution in [0.1, 0.15) is 19.0 Å². The monoisotopic (exact) mass is 500 g/mol. The SMILES string of the molecule is CCNC(=NCCCNS(C)(=O)=O)N1CCN(Cc2ccon2)CC1.I. The fourth-order valence-corrected chi connectivity index (χ4v) is 3.13. The first kappa shape index (κ1) is 23.1. The second-order valence-corrected chi connectivity index (χ2v) is 7.84. The van der Waals surface area contributed by atoms with Crippen LogP contribution in [0.25, 0.3) is 0 Å². The molecule has 2 rings (SSSR count). The van der Waals surface area contributed by atoms with Crippen molar-refractivity contribution in [1.29, 1.82) is 0 Å². The topological polar surface area (TPSA) is 103 Å². The van der Waals surface area contributed by atoms with Crippen LogP contribution in [0.4, 0.5) is 0 Å². The van der Waals surface area contributed by atoms with Crippen LogP contribution >= 0.6 is 24.0 Å². The van der Waals surface area contributed by atoms with Gasteiger partial charge in [-0.15, -0.1) is 24.0 Å². The van der Waals surface area contributed by atoms with Crippen LogP contribution < -0.4 is 10.0 Å². The number of halogens is 1. The fourth-order valence-electron chi connectivity index (χ4n) is 2.61. The summed E-state index contributed by atoms with van der Waals surface area (Å²) in [5.41, 5.74) is 0.951. The summed E-state index contributed by atoms with van der Waals surface area (Å²) in [5.74, 6) is 0.892. The number of nitrogens with zero attached hydrogens (tertiary/aromatic N) is 4. The molecule has 1 aromatic rings. The number of piperazine rings is 1. The van der Waals surface area contributed by atoms with Crippen LogP contribution in [0.3, 0.4) is 0 Å². The Bertz CT molecular complexity index is 630. The molecule has 1 aliphatic heterocycles. The van der Waals surface area contributed by atoms with E-state index < -0.39 is 10.0 Å². The minimum atomic E-state index is -3.13. The number of aromatic nitrogens is 1. The molecule has 1 fully saturated rings. The van der Waals surface area contributed by atoms with E-state index >= 15 is 0 Å². The molecule has 2 heterocycles. The lowest BCUT2D eigenvalue weighted by atomic mass is 10.3. The Balaban J connectivity index is 0.00000338. The van der Waals surface area contributed by atoms with Crippen molar-refractivity contribution in [3.63, 3.8) is 0 Å². The number of aliphatic imine (C=N–C) groups is 1. The quantitative estimate of drug-likeness (QED) is 0.229. The Hall–Kier alpha value is -0.920. The maximum atomic E-state index is 11.0. The van der Waals surface area contributed by atoms with Gasteiger partial charge in [-0.2, -0.15) is 0 Å². The molecule has 26 heavy (non-hydrogen) atoms. The molecule has 1 saturated heterocycles. The Morgan fingerprint density at radius 3 is 2.65 bits per heavy atom. The average molecular weight is 500 g/mol. The Morgan fingerprint density at radius 1 is 1.35 bits per heavy atom. The van der Waals surface area contributed by atoms with Gasteiger partial charge in [0.25, 0.3) is 0 Å². The lowest BCUT2D eigenvalue weighted by molar-refractivity contribution is 0.169. The molecule has 150 valence electrons. The first-order chi connectivity index (χ1) is 12.0. The molecule has 0 bridgehead atoms. The zero-order valence-electron chi connectivity index (χ0n) is 15.3. The van der Waals surface area contributed by atoms with E-state index in [1.165, 1.54) is 6.26 Å². The van der Waals surface area contributed by atoms with Crippen LogP contribution in [-0.2, 0) is 16.6 Å². The highest BCUT2D eigenvalue weighted by Gasteiger charge is 2.20. The predicted molar refractivity (Wildman–Crippen MR) is 112 cm³/mol. The van der Waals surface area contributed by atoms with Crippen molar-refractivity contribution in [3.05, 3.63) is 18.0 Å². The maximum Gasteiger partial charge on any atom is 0.208 e. The van der Waals surface area contributed by atoms with Crippen LogP contribution in [0.5, 0.6) is 0 Å². The van der Waals surface area contributed by atoms with E-state index in [2.05, 4.69) is 30.0 Å². The van der Waals surface area contributed by atoms with Gasteiger partial charge in [-0.25, -0.2) is 13.1 Å². The zero-order valence-corrected chi connectivity index (χ0v) is 18.5. The minimum Gasteiger partial charge on any atom is -0.364 e. The standard InChI is InChI=1S/C15H28N6O3S.HI/c1-3-16-15(17-6-4-7-18-25(2,22)23)21-10-8-20(9-11-21)13-14-5-12-24-19-14;/h5,12,18H,3-4,6-11,13H2,1-2H3,(H,16,17);1H. The number of nitrogens with one attached hydrogen (secondary N) is 2. The van der Waals surface area contributed by atoms with Gasteiger partial charge in [0, 0.05) is 58.4 Å². The number of hydrogen-bond acceptors (Lipinski definition) is 6. The highest BCUT2D eigenvalue weighted by atomic mass is 127. The number of guanidine groups is 1. The summed E-state index contributed by atoms with van der Waals surface area (Å²) in [6.07, 6.45) is 3.44. The second kappa shape index (κ2) is 11.7. The van der Waals surface area contributed by atoms with E-state index in [9.17, 15) is 8.42 Å². The summed E-state index contributed by atoms with van der Waals surface area (Å²) in [7, 11) is -3.13. The van der Waals surface area contributed by atoms with E-state index in [4.69, 9.17) is 4.52 Å². The average Bonchev–Trinajstić information content (AvgIpc) is 3.06. The third kappa shape index (κ3) is 8.64. The van der Waals surface area contributed by atoms with E-state index in [1.54, 1.807) is 6.26 Å². The molecule has 0 radical (unpaired) electrons. The molecule has 1 aromatic heterocycles. The first-order valence-corrected chi connectivity index (χ1v) is 10.5. The molecular formula is C15H29IN6O3S. The molecule has 0 atom stereocenters. The van der Waals surface area contributed by atoms with E-state index in [0.717, 1.165) is 50.9 Å². The molecular weight excluding hydrogens is 471 g/mol. The van der Waals surface area contributed by atoms with E-state index in [0.29, 0.717) is 19.5 Å². The summed E-state index contributed by atoms with van der Waals surface area (Å²) in [6, 6.07) is 1.89. The van der Waals surface area contributed by atoms with Crippen molar-refractivity contribution in [1.82, 2.24) is 25.0 Å². The van der Waals surface area contributed by atoms with Crippen molar-refractivity contribution >= 4 is 40.0 Å². The maximum absolute atomic E-state index is 11.0. The third-order valence-corrected chi connectivity index (χ3v) is 4.57. The van der Waals surface area contributed by atoms with Crippen LogP contribution in [-0.4, -0.2) is 81.4 Å². The van der Waals surface area contributed by atoms with Gasteiger partial charge in [-0.05, 0) is 13.3 Å². The highest BCUT2D eigenvalue weighted by Crippen LogP contribution is 2.07. The van der Waals surface area contributed by atoms with Gasteiger partial charge in [-0.3, -0.25) is 9.89 Å². The molecule has 11 heteroatoms. The summed E-state index contributed by atoms with van der Waals surface area (Å²) >= 11 is 0. The number of sulfonamides is 1. The molecule has 9 nitrogen and oxygen atoms in total. The van der Waals surface area contributed by atoms with Gasteiger partial charge in [0.15, 0.2) is 5.96 Å². The Morgan fingerprint density at radius 2 is 2.08 bits per heavy atom. The Labute approximate surface area is 172 Å². The lowest BCUT2D eigenvalue weighted by Gasteiger charge is -2.36. The van der Waals surface area contributed by atoms with Gasteiger partial charge in [0.2, 0.25) is 10.0 Å². The van der Waals surface area contributed by atoms with Crippen LogP contribution in [0.2, 0.25) is 0 Å². The van der Waals surface area contributed by atoms with Gasteiger partial charge in [0.1, 0.15) is 6.26 Å². The third-order valence-electron chi connectivity index (χ3n) is 3.84. The Kier molecular flexibility index (Phi) is 10.4. The molecule has 0 unspecified atom stereocenters. The fraction of sp³-hybridized carbons (Fsp3) is 0.733. The lowest BCUT2D eigenvalue weighted by Crippen LogP contribution is -2.52. The molecule has 0 saturated carbocycles. The minimum absolute atomic E-state index is 0. The van der Waals surface area contributed by atoms with Gasteiger partial charge >= 0.3 is 0 Å². The predicted octanol–water partition coefficient (Wildman–Crippen LogP) is 0.315. The molecule has 0 amide bonds. The van der Waals surface area contributed by atoms with Crippen molar-refractivity contribution in [2.75, 3.05) is 52.1 Å². The molecule has 2 N–H and O–H groups in total. The normalized spacial score (nSPS) is 16.4. The summed E-state index contributed by atoms with van der Waals surface area (Å²) < 4.78 is 29.4. The molecule has 0 aromatic carbocycles. The van der Waals surface area contributed by atoms with Crippen molar-refractivity contribution in [2.24, 2.45) is 4.99 Å². The van der Waals surface area contributed by atoms with Crippen LogP contribution in [0.15, 0.2) is 21.8 Å². The number of hydrogen-bond donors (Lipinski definition) is 2. The largest absolute Gasteiger partial charge is 0.364 e. The summed E-state index contributed by atoms with van der Waals surface area (Å²) in [5, 5.41) is 7.27. The second-order valence-electron chi connectivity index (χ2n) is 6.01. The van der Waals surface area contributed by atoms with Crippen molar-refractivity contribution < 1.29 is 12.9 Å². The van der Waals surface area contributed by atoms with Gasteiger partial charge < -0.3 is 14.7 Å².